The lowest BCUT2D eigenvalue weighted by Crippen LogP contribution is -2.52. The van der Waals surface area contributed by atoms with E-state index in [0.717, 1.165) is 38.0 Å². The van der Waals surface area contributed by atoms with E-state index in [1.165, 1.54) is 0 Å². The molecule has 2 fully saturated rings. The molecule has 1 aliphatic carbocycles. The van der Waals surface area contributed by atoms with Gasteiger partial charge in [-0.1, -0.05) is 17.3 Å². The first kappa shape index (κ1) is 16.9. The van der Waals surface area contributed by atoms with Crippen LogP contribution in [0.1, 0.15) is 41.9 Å². The summed E-state index contributed by atoms with van der Waals surface area (Å²) in [6.07, 6.45) is 2.25. The Balaban J connectivity index is 0.00000169. The maximum atomic E-state index is 12.8. The molecule has 1 aromatic carbocycles. The summed E-state index contributed by atoms with van der Waals surface area (Å²) in [5.74, 6) is 1.77. The number of carbonyl (C=O) groups is 1. The number of nitrogens with zero attached hydrogens (tertiary/aromatic N) is 3. The van der Waals surface area contributed by atoms with E-state index in [0.29, 0.717) is 23.2 Å². The van der Waals surface area contributed by atoms with Crippen LogP contribution in [0.3, 0.4) is 0 Å². The number of amides is 1. The minimum absolute atomic E-state index is 0. The number of hydrogen-bond donors (Lipinski definition) is 1. The Hall–Kier alpha value is -1.92. The van der Waals surface area contributed by atoms with E-state index < -0.39 is 0 Å². The van der Waals surface area contributed by atoms with Crippen molar-refractivity contribution in [3.63, 3.8) is 0 Å². The molecule has 6 nitrogen and oxygen atoms in total. The van der Waals surface area contributed by atoms with Gasteiger partial charge in [-0.25, -0.2) is 0 Å². The van der Waals surface area contributed by atoms with Gasteiger partial charge in [-0.05, 0) is 31.9 Å². The summed E-state index contributed by atoms with van der Waals surface area (Å²) in [6.45, 7) is 4.47. The third kappa shape index (κ3) is 3.30. The van der Waals surface area contributed by atoms with E-state index in [9.17, 15) is 4.79 Å². The Labute approximate surface area is 147 Å². The number of piperazine rings is 1. The second kappa shape index (κ2) is 6.91. The Morgan fingerprint density at radius 3 is 2.96 bits per heavy atom. The van der Waals surface area contributed by atoms with Gasteiger partial charge in [0.15, 0.2) is 0 Å². The molecule has 128 valence electrons. The normalized spacial score (nSPS) is 20.5. The molecule has 4 rings (SSSR count). The number of carbonyl (C=O) groups excluding carboxylic acids is 1. The van der Waals surface area contributed by atoms with Crippen molar-refractivity contribution in [2.45, 2.75) is 31.7 Å². The van der Waals surface area contributed by atoms with Crippen LogP contribution >= 0.6 is 12.4 Å². The summed E-state index contributed by atoms with van der Waals surface area (Å²) in [4.78, 5) is 19.1. The largest absolute Gasteiger partial charge is 0.339 e. The number of nitrogens with one attached hydrogen (secondary N) is 1. The fourth-order valence-electron chi connectivity index (χ4n) is 2.95. The molecule has 2 heterocycles. The minimum atomic E-state index is 0. The molecule has 0 radical (unpaired) electrons. The topological polar surface area (TPSA) is 71.3 Å². The SMILES string of the molecule is C[C@H]1CNCCN1C(=O)c1cccc(-c2noc(C3CC3)n2)c1.Cl. The van der Waals surface area contributed by atoms with E-state index >= 15 is 0 Å². The van der Waals surface area contributed by atoms with Crippen LogP contribution < -0.4 is 5.32 Å². The molecular weight excluding hydrogens is 328 g/mol. The fraction of sp³-hybridized carbons (Fsp3) is 0.471. The highest BCUT2D eigenvalue weighted by molar-refractivity contribution is 5.95. The molecular formula is C17H21ClN4O2. The van der Waals surface area contributed by atoms with Gasteiger partial charge in [-0.15, -0.1) is 12.4 Å². The Morgan fingerprint density at radius 2 is 2.21 bits per heavy atom. The minimum Gasteiger partial charge on any atom is -0.339 e. The summed E-state index contributed by atoms with van der Waals surface area (Å²) < 4.78 is 5.31. The van der Waals surface area contributed by atoms with Gasteiger partial charge in [0.1, 0.15) is 0 Å². The number of halogens is 1. The lowest BCUT2D eigenvalue weighted by molar-refractivity contribution is 0.0656. The van der Waals surface area contributed by atoms with Crippen molar-refractivity contribution >= 4 is 18.3 Å². The second-order valence-electron chi connectivity index (χ2n) is 6.36. The van der Waals surface area contributed by atoms with E-state index in [1.807, 2.05) is 29.2 Å². The number of benzene rings is 1. The van der Waals surface area contributed by atoms with Crippen molar-refractivity contribution in [2.24, 2.45) is 0 Å². The maximum absolute atomic E-state index is 12.8. The Kier molecular flexibility index (Phi) is 4.87. The zero-order valence-corrected chi connectivity index (χ0v) is 14.4. The van der Waals surface area contributed by atoms with Gasteiger partial charge in [0.05, 0.1) is 0 Å². The van der Waals surface area contributed by atoms with E-state index in [2.05, 4.69) is 22.4 Å². The first-order valence-corrected chi connectivity index (χ1v) is 8.18. The number of aromatic nitrogens is 2. The predicted molar refractivity (Wildman–Crippen MR) is 92.3 cm³/mol. The molecule has 2 aromatic rings. The highest BCUT2D eigenvalue weighted by Gasteiger charge is 2.30. The van der Waals surface area contributed by atoms with Crippen LogP contribution in [-0.4, -0.2) is 46.6 Å². The van der Waals surface area contributed by atoms with Gasteiger partial charge < -0.3 is 14.7 Å². The summed E-state index contributed by atoms with van der Waals surface area (Å²) in [6, 6.07) is 7.70. The average molecular weight is 349 g/mol. The number of hydrogen-bond acceptors (Lipinski definition) is 5. The summed E-state index contributed by atoms with van der Waals surface area (Å²) in [5.41, 5.74) is 1.50. The highest BCUT2D eigenvalue weighted by atomic mass is 35.5. The standard InChI is InChI=1S/C17H20N4O2.ClH/c1-11-10-18-7-8-21(11)17(22)14-4-2-3-13(9-14)15-19-16(23-20-15)12-5-6-12;/h2-4,9,11-12,18H,5-8,10H2,1H3;1H/t11-;/m0./s1. The van der Waals surface area contributed by atoms with Crippen LogP contribution in [0.15, 0.2) is 28.8 Å². The molecule has 0 bridgehead atoms. The van der Waals surface area contributed by atoms with Crippen molar-refractivity contribution in [3.8, 4) is 11.4 Å². The smallest absolute Gasteiger partial charge is 0.254 e. The van der Waals surface area contributed by atoms with E-state index in [1.54, 1.807) is 0 Å². The van der Waals surface area contributed by atoms with Crippen LogP contribution in [0.4, 0.5) is 0 Å². The highest BCUT2D eigenvalue weighted by Crippen LogP contribution is 2.39. The molecule has 7 heteroatoms. The molecule has 0 unspecified atom stereocenters. The molecule has 1 saturated carbocycles. The van der Waals surface area contributed by atoms with Crippen molar-refractivity contribution in [2.75, 3.05) is 19.6 Å². The quantitative estimate of drug-likeness (QED) is 0.922. The third-order valence-electron chi connectivity index (χ3n) is 4.50. The van der Waals surface area contributed by atoms with Gasteiger partial charge in [0, 0.05) is 42.7 Å². The van der Waals surface area contributed by atoms with Crippen LogP contribution in [0.25, 0.3) is 11.4 Å². The van der Waals surface area contributed by atoms with Gasteiger partial charge in [0.2, 0.25) is 11.7 Å². The molecule has 1 N–H and O–H groups in total. The number of rotatable bonds is 3. The fourth-order valence-corrected chi connectivity index (χ4v) is 2.95. The first-order valence-electron chi connectivity index (χ1n) is 8.18. The maximum Gasteiger partial charge on any atom is 0.254 e. The van der Waals surface area contributed by atoms with Crippen LogP contribution in [0.2, 0.25) is 0 Å². The molecule has 0 spiro atoms. The van der Waals surface area contributed by atoms with Gasteiger partial charge >= 0.3 is 0 Å². The first-order chi connectivity index (χ1) is 11.2. The van der Waals surface area contributed by atoms with Crippen LogP contribution in [0.5, 0.6) is 0 Å². The van der Waals surface area contributed by atoms with Crippen molar-refractivity contribution in [1.29, 1.82) is 0 Å². The van der Waals surface area contributed by atoms with Crippen molar-refractivity contribution in [1.82, 2.24) is 20.4 Å². The van der Waals surface area contributed by atoms with Crippen LogP contribution in [-0.2, 0) is 0 Å². The molecule has 1 aliphatic heterocycles. The molecule has 1 saturated heterocycles. The summed E-state index contributed by atoms with van der Waals surface area (Å²) >= 11 is 0. The average Bonchev–Trinajstić information content (AvgIpc) is 3.32. The van der Waals surface area contributed by atoms with Crippen molar-refractivity contribution < 1.29 is 9.32 Å². The molecule has 1 amide bonds. The molecule has 1 atom stereocenters. The zero-order chi connectivity index (χ0) is 15.8. The summed E-state index contributed by atoms with van der Waals surface area (Å²) in [5, 5.41) is 7.36. The Bertz CT molecular complexity index is 729. The van der Waals surface area contributed by atoms with E-state index in [-0.39, 0.29) is 24.4 Å². The lowest BCUT2D eigenvalue weighted by Gasteiger charge is -2.34. The molecule has 24 heavy (non-hydrogen) atoms. The van der Waals surface area contributed by atoms with Gasteiger partial charge in [0.25, 0.3) is 5.91 Å². The predicted octanol–water partition coefficient (Wildman–Crippen LogP) is 2.47. The van der Waals surface area contributed by atoms with Gasteiger partial charge in [-0.2, -0.15) is 4.98 Å². The van der Waals surface area contributed by atoms with Crippen LogP contribution in [0, 0.1) is 0 Å². The van der Waals surface area contributed by atoms with Crippen molar-refractivity contribution in [3.05, 3.63) is 35.7 Å². The third-order valence-corrected chi connectivity index (χ3v) is 4.50. The molecule has 2 aliphatic rings. The molecule has 1 aromatic heterocycles. The lowest BCUT2D eigenvalue weighted by atomic mass is 10.1. The summed E-state index contributed by atoms with van der Waals surface area (Å²) in [7, 11) is 0. The van der Waals surface area contributed by atoms with Gasteiger partial charge in [-0.3, -0.25) is 4.79 Å². The Morgan fingerprint density at radius 1 is 1.38 bits per heavy atom. The zero-order valence-electron chi connectivity index (χ0n) is 13.6. The second-order valence-corrected chi connectivity index (χ2v) is 6.36. The van der Waals surface area contributed by atoms with E-state index in [4.69, 9.17) is 4.52 Å². The monoisotopic (exact) mass is 348 g/mol.